The van der Waals surface area contributed by atoms with E-state index in [9.17, 15) is 10.1 Å². The molecule has 0 amide bonds. The summed E-state index contributed by atoms with van der Waals surface area (Å²) in [5, 5.41) is 19.7. The molecule has 0 radical (unpaired) electrons. The number of nitro groups is 1. The Morgan fingerprint density at radius 1 is 1.19 bits per heavy atom. The van der Waals surface area contributed by atoms with Crippen molar-refractivity contribution in [3.8, 4) is 5.75 Å². The highest BCUT2D eigenvalue weighted by molar-refractivity contribution is 5.62. The van der Waals surface area contributed by atoms with Crippen LogP contribution in [0.4, 0.5) is 11.4 Å². The zero-order valence-corrected chi connectivity index (χ0v) is 11.4. The molecular formula is C15H16N2O4. The van der Waals surface area contributed by atoms with Crippen molar-refractivity contribution >= 4 is 11.4 Å². The van der Waals surface area contributed by atoms with Gasteiger partial charge in [-0.1, -0.05) is 24.3 Å². The largest absolute Gasteiger partial charge is 0.489 e. The summed E-state index contributed by atoms with van der Waals surface area (Å²) < 4.78 is 5.58. The minimum absolute atomic E-state index is 0.102. The van der Waals surface area contributed by atoms with Gasteiger partial charge in [-0.15, -0.1) is 0 Å². The Balaban J connectivity index is 2.06. The fourth-order valence-corrected chi connectivity index (χ4v) is 1.93. The highest BCUT2D eigenvalue weighted by Crippen LogP contribution is 2.26. The average Bonchev–Trinajstić information content (AvgIpc) is 2.48. The summed E-state index contributed by atoms with van der Waals surface area (Å²) in [4.78, 5) is 10.3. The number of aliphatic hydroxyl groups is 1. The van der Waals surface area contributed by atoms with Gasteiger partial charge >= 0.3 is 0 Å². The molecular weight excluding hydrogens is 272 g/mol. The van der Waals surface area contributed by atoms with Crippen LogP contribution in [-0.4, -0.2) is 16.6 Å². The lowest BCUT2D eigenvalue weighted by molar-refractivity contribution is -0.384. The lowest BCUT2D eigenvalue weighted by atomic mass is 10.1. The summed E-state index contributed by atoms with van der Waals surface area (Å²) >= 11 is 0. The van der Waals surface area contributed by atoms with Gasteiger partial charge in [-0.3, -0.25) is 10.1 Å². The van der Waals surface area contributed by atoms with Gasteiger partial charge in [0.25, 0.3) is 5.69 Å². The molecule has 110 valence electrons. The quantitative estimate of drug-likeness (QED) is 0.482. The number of anilines is 1. The molecule has 2 aromatic rings. The first-order valence-electron chi connectivity index (χ1n) is 6.46. The molecule has 0 spiro atoms. The van der Waals surface area contributed by atoms with Crippen LogP contribution in [0.5, 0.6) is 5.75 Å². The number of aliphatic hydroxyl groups excluding tert-OH is 1. The van der Waals surface area contributed by atoms with Crippen molar-refractivity contribution < 1.29 is 14.8 Å². The third-order valence-corrected chi connectivity index (χ3v) is 3.09. The fraction of sp³-hybridized carbons (Fsp3) is 0.200. The molecule has 0 bridgehead atoms. The van der Waals surface area contributed by atoms with Crippen molar-refractivity contribution in [1.82, 2.24) is 0 Å². The average molecular weight is 288 g/mol. The van der Waals surface area contributed by atoms with Crippen LogP contribution in [0.1, 0.15) is 11.1 Å². The van der Waals surface area contributed by atoms with Crippen LogP contribution in [0, 0.1) is 10.1 Å². The smallest absolute Gasteiger partial charge is 0.292 e. The normalized spacial score (nSPS) is 10.3. The van der Waals surface area contributed by atoms with E-state index in [1.165, 1.54) is 6.07 Å². The lowest BCUT2D eigenvalue weighted by Crippen LogP contribution is -2.03. The molecule has 0 aliphatic rings. The van der Waals surface area contributed by atoms with Crippen molar-refractivity contribution in [2.45, 2.75) is 13.0 Å². The molecule has 0 unspecified atom stereocenters. The van der Waals surface area contributed by atoms with Crippen LogP contribution in [-0.2, 0) is 13.0 Å². The number of nitrogen functional groups attached to an aromatic ring is 1. The summed E-state index contributed by atoms with van der Waals surface area (Å²) in [6.45, 7) is 0.261. The number of para-hydroxylation sites is 1. The van der Waals surface area contributed by atoms with E-state index < -0.39 is 4.92 Å². The van der Waals surface area contributed by atoms with Gasteiger partial charge in [0.05, 0.1) is 4.92 Å². The van der Waals surface area contributed by atoms with Crippen LogP contribution < -0.4 is 10.5 Å². The zero-order valence-electron chi connectivity index (χ0n) is 11.4. The number of benzene rings is 2. The van der Waals surface area contributed by atoms with Crippen molar-refractivity contribution in [1.29, 1.82) is 0 Å². The second-order valence-electron chi connectivity index (χ2n) is 4.51. The van der Waals surface area contributed by atoms with E-state index in [0.717, 1.165) is 5.56 Å². The van der Waals surface area contributed by atoms with Crippen molar-refractivity contribution in [2.75, 3.05) is 12.3 Å². The van der Waals surface area contributed by atoms with Gasteiger partial charge in [0.1, 0.15) is 18.0 Å². The van der Waals surface area contributed by atoms with Gasteiger partial charge < -0.3 is 15.6 Å². The van der Waals surface area contributed by atoms with Gasteiger partial charge in [0.15, 0.2) is 0 Å². The van der Waals surface area contributed by atoms with E-state index in [-0.39, 0.29) is 24.6 Å². The van der Waals surface area contributed by atoms with Gasteiger partial charge in [-0.2, -0.15) is 0 Å². The zero-order chi connectivity index (χ0) is 15.2. The summed E-state index contributed by atoms with van der Waals surface area (Å²) in [5.41, 5.74) is 7.36. The SMILES string of the molecule is Nc1c(COc2ccc(CCO)cc2)cccc1[N+](=O)[O-]. The van der Waals surface area contributed by atoms with Gasteiger partial charge in [0, 0.05) is 18.2 Å². The van der Waals surface area contributed by atoms with Crippen LogP contribution in [0.2, 0.25) is 0 Å². The first-order valence-corrected chi connectivity index (χ1v) is 6.46. The molecule has 0 aliphatic carbocycles. The predicted octanol–water partition coefficient (Wildman–Crippen LogP) is 2.29. The van der Waals surface area contributed by atoms with Gasteiger partial charge in [-0.25, -0.2) is 0 Å². The number of rotatable bonds is 6. The van der Waals surface area contributed by atoms with E-state index in [1.54, 1.807) is 24.3 Å². The number of nitro benzene ring substituents is 1. The molecule has 21 heavy (non-hydrogen) atoms. The lowest BCUT2D eigenvalue weighted by Gasteiger charge is -2.09. The molecule has 0 heterocycles. The molecule has 0 fully saturated rings. The van der Waals surface area contributed by atoms with Crippen LogP contribution >= 0.6 is 0 Å². The second kappa shape index (κ2) is 6.71. The Morgan fingerprint density at radius 2 is 1.90 bits per heavy atom. The second-order valence-corrected chi connectivity index (χ2v) is 4.51. The minimum atomic E-state index is -0.511. The third kappa shape index (κ3) is 3.70. The standard InChI is InChI=1S/C15H16N2O4/c16-15-12(2-1-3-14(15)17(19)20)10-21-13-6-4-11(5-7-13)8-9-18/h1-7,18H,8-10,16H2. The monoisotopic (exact) mass is 288 g/mol. The molecule has 6 nitrogen and oxygen atoms in total. The first-order chi connectivity index (χ1) is 10.1. The van der Waals surface area contributed by atoms with Crippen molar-refractivity contribution in [3.63, 3.8) is 0 Å². The first kappa shape index (κ1) is 14.8. The Hall–Kier alpha value is -2.60. The van der Waals surface area contributed by atoms with E-state index in [1.807, 2.05) is 12.1 Å². The van der Waals surface area contributed by atoms with Gasteiger partial charge in [-0.05, 0) is 24.1 Å². The van der Waals surface area contributed by atoms with E-state index in [0.29, 0.717) is 17.7 Å². The number of hydrogen-bond donors (Lipinski definition) is 2. The van der Waals surface area contributed by atoms with E-state index in [4.69, 9.17) is 15.6 Å². The summed E-state index contributed by atoms with van der Waals surface area (Å²) in [7, 11) is 0. The number of ether oxygens (including phenoxy) is 1. The Kier molecular flexibility index (Phi) is 4.73. The van der Waals surface area contributed by atoms with Crippen molar-refractivity contribution in [2.24, 2.45) is 0 Å². The maximum Gasteiger partial charge on any atom is 0.292 e. The predicted molar refractivity (Wildman–Crippen MR) is 79.1 cm³/mol. The van der Waals surface area contributed by atoms with Crippen LogP contribution in [0.15, 0.2) is 42.5 Å². The van der Waals surface area contributed by atoms with Crippen LogP contribution in [0.25, 0.3) is 0 Å². The maximum atomic E-state index is 10.8. The highest BCUT2D eigenvalue weighted by Gasteiger charge is 2.14. The van der Waals surface area contributed by atoms with E-state index in [2.05, 4.69) is 0 Å². The topological polar surface area (TPSA) is 98.6 Å². The Bertz CT molecular complexity index is 626. The molecule has 0 saturated carbocycles. The number of hydrogen-bond acceptors (Lipinski definition) is 5. The Morgan fingerprint density at radius 3 is 2.52 bits per heavy atom. The minimum Gasteiger partial charge on any atom is -0.489 e. The maximum absolute atomic E-state index is 10.8. The van der Waals surface area contributed by atoms with Crippen LogP contribution in [0.3, 0.4) is 0 Å². The summed E-state index contributed by atoms with van der Waals surface area (Å²) in [5.74, 6) is 0.641. The molecule has 0 aliphatic heterocycles. The molecule has 0 saturated heterocycles. The molecule has 2 aromatic carbocycles. The third-order valence-electron chi connectivity index (χ3n) is 3.09. The number of nitrogens with zero attached hydrogens (tertiary/aromatic N) is 1. The highest BCUT2D eigenvalue weighted by atomic mass is 16.6. The summed E-state index contributed by atoms with van der Waals surface area (Å²) in [6, 6.07) is 11.9. The van der Waals surface area contributed by atoms with Gasteiger partial charge in [0.2, 0.25) is 0 Å². The molecule has 0 aromatic heterocycles. The number of nitrogens with two attached hydrogens (primary N) is 1. The summed E-state index contributed by atoms with van der Waals surface area (Å²) in [6.07, 6.45) is 0.595. The van der Waals surface area contributed by atoms with E-state index >= 15 is 0 Å². The molecule has 3 N–H and O–H groups in total. The molecule has 0 atom stereocenters. The Labute approximate surface area is 121 Å². The van der Waals surface area contributed by atoms with Crippen molar-refractivity contribution in [3.05, 3.63) is 63.7 Å². The fourth-order valence-electron chi connectivity index (χ4n) is 1.93. The molecule has 6 heteroatoms. The molecule has 2 rings (SSSR count).